The molecule has 0 radical (unpaired) electrons. The molecule has 1 fully saturated rings. The lowest BCUT2D eigenvalue weighted by Gasteiger charge is -2.15. The summed E-state index contributed by atoms with van der Waals surface area (Å²) in [4.78, 5) is 11.8. The van der Waals surface area contributed by atoms with Crippen molar-refractivity contribution in [3.05, 3.63) is 29.8 Å². The molecule has 1 aliphatic carbocycles. The van der Waals surface area contributed by atoms with Gasteiger partial charge in [0, 0.05) is 11.7 Å². The van der Waals surface area contributed by atoms with E-state index in [-0.39, 0.29) is 12.1 Å². The van der Waals surface area contributed by atoms with Crippen LogP contribution in [0.2, 0.25) is 0 Å². The Balaban J connectivity index is 1.90. The summed E-state index contributed by atoms with van der Waals surface area (Å²) in [7, 11) is 0. The number of anilines is 1. The van der Waals surface area contributed by atoms with Crippen molar-refractivity contribution < 1.29 is 9.53 Å². The van der Waals surface area contributed by atoms with Crippen LogP contribution in [0.15, 0.2) is 24.3 Å². The Labute approximate surface area is 121 Å². The third-order valence-electron chi connectivity index (χ3n) is 3.95. The number of carbonyl (C=O) groups excluding carboxylic acids is 1. The first-order valence-electron chi connectivity index (χ1n) is 7.66. The summed E-state index contributed by atoms with van der Waals surface area (Å²) in [6.45, 7) is 5.98. The van der Waals surface area contributed by atoms with Crippen molar-refractivity contribution in [1.29, 1.82) is 0 Å². The molecule has 1 N–H and O–H groups in total. The van der Waals surface area contributed by atoms with Crippen LogP contribution in [0.5, 0.6) is 0 Å². The van der Waals surface area contributed by atoms with E-state index in [1.165, 1.54) is 25.7 Å². The van der Waals surface area contributed by atoms with Gasteiger partial charge >= 0.3 is 5.97 Å². The third kappa shape index (κ3) is 3.99. The lowest BCUT2D eigenvalue weighted by molar-refractivity contribution is 0.0378. The van der Waals surface area contributed by atoms with Crippen molar-refractivity contribution in [2.75, 3.05) is 5.32 Å². The number of benzene rings is 1. The Bertz CT molecular complexity index is 439. The average molecular weight is 275 g/mol. The molecule has 2 atom stereocenters. The van der Waals surface area contributed by atoms with E-state index in [0.29, 0.717) is 11.6 Å². The number of hydrogen-bond acceptors (Lipinski definition) is 3. The molecule has 1 aliphatic rings. The van der Waals surface area contributed by atoms with Gasteiger partial charge in [0.25, 0.3) is 0 Å². The maximum absolute atomic E-state index is 11.8. The highest BCUT2D eigenvalue weighted by Gasteiger charge is 2.22. The van der Waals surface area contributed by atoms with E-state index < -0.39 is 0 Å². The van der Waals surface area contributed by atoms with Gasteiger partial charge in [0.1, 0.15) is 0 Å². The second-order valence-corrected chi connectivity index (χ2v) is 5.96. The predicted octanol–water partition coefficient (Wildman–Crippen LogP) is 4.24. The van der Waals surface area contributed by atoms with Crippen LogP contribution in [-0.2, 0) is 4.74 Å². The first-order chi connectivity index (χ1) is 9.58. The number of carbonyl (C=O) groups is 1. The Kier molecular flexibility index (Phi) is 5.05. The molecule has 0 aromatic heterocycles. The molecule has 2 unspecified atom stereocenters. The van der Waals surface area contributed by atoms with Gasteiger partial charge in [0.15, 0.2) is 0 Å². The van der Waals surface area contributed by atoms with Gasteiger partial charge in [-0.15, -0.1) is 0 Å². The zero-order chi connectivity index (χ0) is 14.5. The highest BCUT2D eigenvalue weighted by molar-refractivity contribution is 5.89. The van der Waals surface area contributed by atoms with Crippen LogP contribution in [0, 0.1) is 5.92 Å². The molecule has 0 saturated heterocycles. The highest BCUT2D eigenvalue weighted by atomic mass is 16.5. The minimum absolute atomic E-state index is 0.0789. The average Bonchev–Trinajstić information content (AvgIpc) is 2.86. The van der Waals surface area contributed by atoms with E-state index >= 15 is 0 Å². The Morgan fingerprint density at radius 1 is 1.30 bits per heavy atom. The van der Waals surface area contributed by atoms with Crippen molar-refractivity contribution in [2.24, 2.45) is 5.92 Å². The molecule has 1 aromatic rings. The largest absolute Gasteiger partial charge is 0.459 e. The van der Waals surface area contributed by atoms with Gasteiger partial charge in [-0.3, -0.25) is 0 Å². The lowest BCUT2D eigenvalue weighted by atomic mass is 10.1. The summed E-state index contributed by atoms with van der Waals surface area (Å²) in [6.07, 6.45) is 5.03. The van der Waals surface area contributed by atoms with E-state index in [1.54, 1.807) is 0 Å². The van der Waals surface area contributed by atoms with Gasteiger partial charge < -0.3 is 10.1 Å². The second kappa shape index (κ2) is 6.78. The molecule has 3 nitrogen and oxygen atoms in total. The molecule has 1 aromatic carbocycles. The topological polar surface area (TPSA) is 38.3 Å². The fraction of sp³-hybridized carbons (Fsp3) is 0.588. The van der Waals surface area contributed by atoms with E-state index in [9.17, 15) is 4.79 Å². The van der Waals surface area contributed by atoms with Gasteiger partial charge in [-0.05, 0) is 63.3 Å². The standard InChI is InChI=1S/C17H25NO2/c1-4-13-5-8-16(11-13)18-15-9-6-14(7-10-15)17(19)20-12(2)3/h6-7,9-10,12-13,16,18H,4-5,8,11H2,1-3H3. The van der Waals surface area contributed by atoms with Crippen LogP contribution in [0.1, 0.15) is 56.8 Å². The van der Waals surface area contributed by atoms with Crippen molar-refractivity contribution >= 4 is 11.7 Å². The summed E-state index contributed by atoms with van der Waals surface area (Å²) < 4.78 is 5.18. The summed E-state index contributed by atoms with van der Waals surface area (Å²) in [6, 6.07) is 8.18. The van der Waals surface area contributed by atoms with E-state index in [1.807, 2.05) is 38.1 Å². The fourth-order valence-electron chi connectivity index (χ4n) is 2.80. The van der Waals surface area contributed by atoms with Crippen LogP contribution >= 0.6 is 0 Å². The van der Waals surface area contributed by atoms with Crippen LogP contribution in [0.4, 0.5) is 5.69 Å². The smallest absolute Gasteiger partial charge is 0.338 e. The molecule has 1 saturated carbocycles. The predicted molar refractivity (Wildman–Crippen MR) is 82.0 cm³/mol. The zero-order valence-electron chi connectivity index (χ0n) is 12.7. The summed E-state index contributed by atoms with van der Waals surface area (Å²) in [5.74, 6) is 0.617. The number of hydrogen-bond donors (Lipinski definition) is 1. The molecule has 20 heavy (non-hydrogen) atoms. The molecule has 0 aliphatic heterocycles. The van der Waals surface area contributed by atoms with Crippen LogP contribution in [-0.4, -0.2) is 18.1 Å². The molecule has 3 heteroatoms. The van der Waals surface area contributed by atoms with E-state index in [0.717, 1.165) is 11.6 Å². The minimum Gasteiger partial charge on any atom is -0.459 e. The number of rotatable bonds is 5. The molecule has 0 heterocycles. The van der Waals surface area contributed by atoms with Crippen molar-refractivity contribution in [2.45, 2.75) is 58.6 Å². The fourth-order valence-corrected chi connectivity index (χ4v) is 2.80. The van der Waals surface area contributed by atoms with Crippen molar-refractivity contribution in [1.82, 2.24) is 0 Å². The quantitative estimate of drug-likeness (QED) is 0.817. The maximum atomic E-state index is 11.8. The summed E-state index contributed by atoms with van der Waals surface area (Å²) in [5, 5.41) is 3.56. The monoisotopic (exact) mass is 275 g/mol. The second-order valence-electron chi connectivity index (χ2n) is 5.96. The molecule has 110 valence electrons. The summed E-state index contributed by atoms with van der Waals surface area (Å²) in [5.41, 5.74) is 1.70. The van der Waals surface area contributed by atoms with Gasteiger partial charge in [0.05, 0.1) is 11.7 Å². The first-order valence-corrected chi connectivity index (χ1v) is 7.66. The van der Waals surface area contributed by atoms with Gasteiger partial charge in [0.2, 0.25) is 0 Å². The summed E-state index contributed by atoms with van der Waals surface area (Å²) >= 11 is 0. The Morgan fingerprint density at radius 3 is 2.55 bits per heavy atom. The number of nitrogens with one attached hydrogen (secondary N) is 1. The number of ether oxygens (including phenoxy) is 1. The number of esters is 1. The maximum Gasteiger partial charge on any atom is 0.338 e. The molecule has 0 amide bonds. The highest BCUT2D eigenvalue weighted by Crippen LogP contribution is 2.30. The molecule has 2 rings (SSSR count). The molecular formula is C17H25NO2. The normalized spacial score (nSPS) is 22.0. The van der Waals surface area contributed by atoms with Crippen LogP contribution < -0.4 is 5.32 Å². The van der Waals surface area contributed by atoms with Gasteiger partial charge in [-0.1, -0.05) is 13.3 Å². The minimum atomic E-state index is -0.251. The third-order valence-corrected chi connectivity index (χ3v) is 3.95. The first kappa shape index (κ1) is 14.9. The SMILES string of the molecule is CCC1CCC(Nc2ccc(C(=O)OC(C)C)cc2)C1. The van der Waals surface area contributed by atoms with Crippen LogP contribution in [0.25, 0.3) is 0 Å². The Hall–Kier alpha value is -1.51. The molecule has 0 bridgehead atoms. The van der Waals surface area contributed by atoms with E-state index in [2.05, 4.69) is 12.2 Å². The van der Waals surface area contributed by atoms with Crippen LogP contribution in [0.3, 0.4) is 0 Å². The zero-order valence-corrected chi connectivity index (χ0v) is 12.7. The van der Waals surface area contributed by atoms with Gasteiger partial charge in [-0.25, -0.2) is 4.79 Å². The molecule has 0 spiro atoms. The van der Waals surface area contributed by atoms with Gasteiger partial charge in [-0.2, -0.15) is 0 Å². The lowest BCUT2D eigenvalue weighted by Crippen LogP contribution is -2.16. The van der Waals surface area contributed by atoms with Crippen molar-refractivity contribution in [3.8, 4) is 0 Å². The van der Waals surface area contributed by atoms with Crippen molar-refractivity contribution in [3.63, 3.8) is 0 Å². The Morgan fingerprint density at radius 2 is 2.00 bits per heavy atom. The molecular weight excluding hydrogens is 250 g/mol. The van der Waals surface area contributed by atoms with E-state index in [4.69, 9.17) is 4.74 Å².